The fraction of sp³-hybridized carbons (Fsp3) is 0.593. The Morgan fingerprint density at radius 3 is 2.56 bits per heavy atom. The maximum atomic E-state index is 13.5. The Balaban J connectivity index is 1.50. The van der Waals surface area contributed by atoms with Crippen LogP contribution >= 0.6 is 0 Å². The molecule has 4 N–H and O–H groups in total. The summed E-state index contributed by atoms with van der Waals surface area (Å²) in [6.45, 7) is 3.34. The number of carbonyl (C=O) groups is 3. The van der Waals surface area contributed by atoms with Gasteiger partial charge >= 0.3 is 12.2 Å². The summed E-state index contributed by atoms with van der Waals surface area (Å²) >= 11 is 0. The summed E-state index contributed by atoms with van der Waals surface area (Å²) in [7, 11) is 1.38. The van der Waals surface area contributed by atoms with Crippen molar-refractivity contribution in [3.63, 3.8) is 0 Å². The van der Waals surface area contributed by atoms with E-state index in [9.17, 15) is 27.6 Å². The smallest absolute Gasteiger partial charge is 0.382 e. The van der Waals surface area contributed by atoms with E-state index in [0.717, 1.165) is 36.3 Å². The van der Waals surface area contributed by atoms with Crippen LogP contribution in [0, 0.1) is 18.8 Å². The monoisotopic (exact) mass is 579 g/mol. The van der Waals surface area contributed by atoms with Crippen LogP contribution in [0.2, 0.25) is 0 Å². The van der Waals surface area contributed by atoms with E-state index >= 15 is 0 Å². The van der Waals surface area contributed by atoms with Crippen molar-refractivity contribution in [2.45, 2.75) is 70.3 Å². The molecule has 14 heteroatoms. The molecule has 2 fully saturated rings. The molecule has 1 aliphatic heterocycles. The molecule has 1 saturated carbocycles. The Kier molecular flexibility index (Phi) is 9.51. The van der Waals surface area contributed by atoms with E-state index < -0.39 is 42.8 Å². The van der Waals surface area contributed by atoms with Crippen molar-refractivity contribution in [3.05, 3.63) is 41.3 Å². The average Bonchev–Trinajstić information content (AvgIpc) is 3.51. The highest BCUT2D eigenvalue weighted by molar-refractivity contribution is 5.97. The van der Waals surface area contributed by atoms with Crippen molar-refractivity contribution in [2.75, 3.05) is 25.6 Å². The third kappa shape index (κ3) is 7.75. The van der Waals surface area contributed by atoms with Crippen molar-refractivity contribution < 1.29 is 32.3 Å². The largest absolute Gasteiger partial charge is 0.410 e. The van der Waals surface area contributed by atoms with Crippen molar-refractivity contribution in [1.29, 1.82) is 0 Å². The van der Waals surface area contributed by atoms with E-state index in [1.54, 1.807) is 12.1 Å². The molecule has 4 rings (SSSR count). The van der Waals surface area contributed by atoms with Gasteiger partial charge in [-0.3, -0.25) is 14.7 Å². The molecule has 2 aromatic rings. The molecule has 1 aliphatic carbocycles. The average molecular weight is 580 g/mol. The molecule has 0 bridgehead atoms. The number of nitrogens with zero attached hydrogens (tertiary/aromatic N) is 3. The minimum atomic E-state index is -4.59. The number of rotatable bonds is 10. The first-order chi connectivity index (χ1) is 19.4. The van der Waals surface area contributed by atoms with Gasteiger partial charge in [-0.2, -0.15) is 18.3 Å². The maximum Gasteiger partial charge on any atom is 0.410 e. The van der Waals surface area contributed by atoms with Crippen molar-refractivity contribution in [2.24, 2.45) is 11.8 Å². The highest BCUT2D eigenvalue weighted by Crippen LogP contribution is 2.32. The normalized spacial score (nSPS) is 22.6. The van der Waals surface area contributed by atoms with Crippen LogP contribution in [-0.2, 0) is 20.7 Å². The zero-order valence-corrected chi connectivity index (χ0v) is 23.3. The van der Waals surface area contributed by atoms with Crippen LogP contribution < -0.4 is 16.0 Å². The Hall–Kier alpha value is -3.68. The molecular formula is C27H36F3N7O4. The number of hydrogen-bond acceptors (Lipinski definition) is 6. The number of H-pyrrole nitrogens is 1. The molecule has 224 valence electrons. The lowest BCUT2D eigenvalue weighted by Gasteiger charge is -2.32. The van der Waals surface area contributed by atoms with E-state index in [4.69, 9.17) is 4.74 Å². The minimum Gasteiger partial charge on any atom is -0.382 e. The van der Waals surface area contributed by atoms with Gasteiger partial charge in [0.25, 0.3) is 0 Å². The number of aromatic amines is 1. The summed E-state index contributed by atoms with van der Waals surface area (Å²) < 4.78 is 45.0. The molecule has 0 aromatic carbocycles. The summed E-state index contributed by atoms with van der Waals surface area (Å²) in [6.07, 6.45) is 0.243. The van der Waals surface area contributed by atoms with Gasteiger partial charge < -0.3 is 25.6 Å². The van der Waals surface area contributed by atoms with Crippen LogP contribution in [0.5, 0.6) is 0 Å². The first-order valence-corrected chi connectivity index (χ1v) is 13.6. The van der Waals surface area contributed by atoms with Crippen molar-refractivity contribution >= 4 is 23.7 Å². The van der Waals surface area contributed by atoms with E-state index in [1.165, 1.54) is 19.4 Å². The number of carbonyl (C=O) groups excluding carboxylic acids is 3. The molecular weight excluding hydrogens is 543 g/mol. The number of urea groups is 1. The van der Waals surface area contributed by atoms with Gasteiger partial charge in [-0.15, -0.1) is 0 Å². The predicted octanol–water partition coefficient (Wildman–Crippen LogP) is 3.25. The molecule has 3 heterocycles. The van der Waals surface area contributed by atoms with Gasteiger partial charge in [0.1, 0.15) is 17.9 Å². The van der Waals surface area contributed by atoms with Gasteiger partial charge in [-0.05, 0) is 55.4 Å². The van der Waals surface area contributed by atoms with E-state index in [0.29, 0.717) is 17.2 Å². The lowest BCUT2D eigenvalue weighted by molar-refractivity contribution is -0.150. The number of anilines is 1. The van der Waals surface area contributed by atoms with Gasteiger partial charge in [0, 0.05) is 19.0 Å². The van der Waals surface area contributed by atoms with Crippen LogP contribution in [0.15, 0.2) is 24.4 Å². The van der Waals surface area contributed by atoms with E-state index in [2.05, 4.69) is 32.7 Å². The zero-order chi connectivity index (χ0) is 29.7. The van der Waals surface area contributed by atoms with Crippen molar-refractivity contribution in [3.8, 4) is 0 Å². The van der Waals surface area contributed by atoms with Gasteiger partial charge in [0.05, 0.1) is 31.3 Å². The van der Waals surface area contributed by atoms with Crippen LogP contribution in [0.25, 0.3) is 0 Å². The summed E-state index contributed by atoms with van der Waals surface area (Å²) in [4.78, 5) is 44.1. The number of aryl methyl sites for hydroxylation is 1. The highest BCUT2D eigenvalue weighted by Gasteiger charge is 2.48. The van der Waals surface area contributed by atoms with Gasteiger partial charge in [0.2, 0.25) is 11.8 Å². The fourth-order valence-corrected chi connectivity index (χ4v) is 5.43. The number of alkyl halides is 3. The first kappa shape index (κ1) is 30.3. The number of pyridine rings is 1. The Morgan fingerprint density at radius 2 is 1.95 bits per heavy atom. The molecule has 0 radical (unpaired) electrons. The highest BCUT2D eigenvalue weighted by atomic mass is 19.4. The van der Waals surface area contributed by atoms with Crippen molar-refractivity contribution in [1.82, 2.24) is 30.7 Å². The standard InChI is InChI=1S/C27H36F3N7O4/c1-15-4-6-17(7-5-15)24(34-23(38)12-19-10-16(2)35-36-19)25(39)33-22-11-18(8-9-31-22)20(14-41-3)37-13-21(27(28,29)30)32-26(37)40/h8-11,15,17,20-21,24H,4-7,12-14H2,1-3H3,(H,32,40)(H,34,38)(H,35,36)(H,31,33,39)/t15?,17?,20?,21-,24-/m0/s1. The van der Waals surface area contributed by atoms with Crippen LogP contribution in [0.3, 0.4) is 0 Å². The number of aromatic nitrogens is 3. The Bertz CT molecular complexity index is 1230. The molecule has 41 heavy (non-hydrogen) atoms. The Morgan fingerprint density at radius 1 is 1.22 bits per heavy atom. The number of halogens is 3. The SMILES string of the molecule is COCC(c1ccnc(NC(=O)[C@@H](NC(=O)Cc2cc(C)[nH]n2)C2CCC(C)CC2)c1)N1C[C@@H](C(F)(F)F)NC1=O. The summed E-state index contributed by atoms with van der Waals surface area (Å²) in [5.41, 5.74) is 1.83. The molecule has 4 amide bonds. The number of nitrogens with one attached hydrogen (secondary N) is 4. The number of ether oxygens (including phenoxy) is 1. The number of methoxy groups -OCH3 is 1. The molecule has 2 aromatic heterocycles. The van der Waals surface area contributed by atoms with Gasteiger partial charge in [0.15, 0.2) is 0 Å². The quantitative estimate of drug-likeness (QED) is 0.341. The molecule has 1 saturated heterocycles. The zero-order valence-electron chi connectivity index (χ0n) is 23.3. The maximum absolute atomic E-state index is 13.5. The van der Waals surface area contributed by atoms with Gasteiger partial charge in [-0.1, -0.05) is 19.8 Å². The second kappa shape index (κ2) is 12.9. The summed E-state index contributed by atoms with van der Waals surface area (Å²) in [5.74, 6) is -0.176. The third-order valence-corrected chi connectivity index (χ3v) is 7.69. The second-order valence-electron chi connectivity index (χ2n) is 10.9. The van der Waals surface area contributed by atoms with Crippen LogP contribution in [0.4, 0.5) is 23.8 Å². The molecule has 11 nitrogen and oxygen atoms in total. The Labute approximate surface area is 236 Å². The minimum absolute atomic E-state index is 0.0144. The van der Waals surface area contributed by atoms with E-state index in [1.807, 2.05) is 12.2 Å². The summed E-state index contributed by atoms with van der Waals surface area (Å²) in [5, 5.41) is 14.5. The fourth-order valence-electron chi connectivity index (χ4n) is 5.43. The van der Waals surface area contributed by atoms with E-state index in [-0.39, 0.29) is 30.7 Å². The molecule has 3 atom stereocenters. The van der Waals surface area contributed by atoms with Gasteiger partial charge in [-0.25, -0.2) is 9.78 Å². The summed E-state index contributed by atoms with van der Waals surface area (Å²) in [6, 6.07) is 0.304. The predicted molar refractivity (Wildman–Crippen MR) is 143 cm³/mol. The third-order valence-electron chi connectivity index (χ3n) is 7.69. The molecule has 1 unspecified atom stereocenters. The van der Waals surface area contributed by atoms with Crippen LogP contribution in [0.1, 0.15) is 55.6 Å². The number of hydrogen-bond donors (Lipinski definition) is 4. The number of amides is 4. The molecule has 2 aliphatic rings. The lowest BCUT2D eigenvalue weighted by Crippen LogP contribution is -2.50. The second-order valence-corrected chi connectivity index (χ2v) is 10.9. The first-order valence-electron chi connectivity index (χ1n) is 13.6. The topological polar surface area (TPSA) is 141 Å². The van der Waals surface area contributed by atoms with Crippen LogP contribution in [-0.4, -0.2) is 76.4 Å². The molecule has 0 spiro atoms. The lowest BCUT2D eigenvalue weighted by atomic mass is 9.79.